The molecule has 1 aromatic heterocycles. The van der Waals surface area contributed by atoms with Gasteiger partial charge in [0.05, 0.1) is 6.61 Å². The molecule has 0 spiro atoms. The minimum atomic E-state index is 0.0329. The second-order valence-corrected chi connectivity index (χ2v) is 5.69. The third-order valence-electron chi connectivity index (χ3n) is 3.38. The van der Waals surface area contributed by atoms with E-state index in [0.29, 0.717) is 6.61 Å². The summed E-state index contributed by atoms with van der Waals surface area (Å²) in [7, 11) is 0. The third-order valence-corrected chi connectivity index (χ3v) is 4.01. The van der Waals surface area contributed by atoms with Gasteiger partial charge in [-0.2, -0.15) is 0 Å². The number of halogens is 1. The number of aliphatic hydroxyl groups is 1. The highest BCUT2D eigenvalue weighted by atomic mass is 79.9. The summed E-state index contributed by atoms with van der Waals surface area (Å²) in [4.78, 5) is 0. The minimum Gasteiger partial charge on any atom is -0.491 e. The molecular formula is C17H16BrNO2. The molecule has 2 aromatic carbocycles. The molecule has 0 unspecified atom stereocenters. The van der Waals surface area contributed by atoms with Crippen LogP contribution in [-0.2, 0) is 6.54 Å². The molecule has 21 heavy (non-hydrogen) atoms. The number of ether oxygens (including phenoxy) is 1. The summed E-state index contributed by atoms with van der Waals surface area (Å²) in [6.45, 7) is 1.17. The fourth-order valence-electron chi connectivity index (χ4n) is 2.38. The van der Waals surface area contributed by atoms with Crippen LogP contribution < -0.4 is 4.74 Å². The van der Waals surface area contributed by atoms with Gasteiger partial charge in [0.1, 0.15) is 12.4 Å². The lowest BCUT2D eigenvalue weighted by atomic mass is 10.2. The molecule has 0 saturated heterocycles. The monoisotopic (exact) mass is 345 g/mol. The molecule has 0 bridgehead atoms. The maximum atomic E-state index is 8.75. The Balaban J connectivity index is 1.82. The van der Waals surface area contributed by atoms with Gasteiger partial charge in [0.25, 0.3) is 0 Å². The normalized spacial score (nSPS) is 11.0. The Labute approximate surface area is 131 Å². The number of aromatic nitrogens is 1. The number of hydrogen-bond acceptors (Lipinski definition) is 2. The molecule has 108 valence electrons. The molecule has 0 amide bonds. The van der Waals surface area contributed by atoms with Crippen molar-refractivity contribution in [3.63, 3.8) is 0 Å². The Morgan fingerprint density at radius 2 is 1.81 bits per heavy atom. The second-order valence-electron chi connectivity index (χ2n) is 4.84. The van der Waals surface area contributed by atoms with Gasteiger partial charge in [-0.3, -0.25) is 0 Å². The van der Waals surface area contributed by atoms with Gasteiger partial charge < -0.3 is 14.4 Å². The molecule has 4 heteroatoms. The van der Waals surface area contributed by atoms with Crippen LogP contribution in [0.1, 0.15) is 5.56 Å². The van der Waals surface area contributed by atoms with Gasteiger partial charge in [0.2, 0.25) is 0 Å². The van der Waals surface area contributed by atoms with Crippen molar-refractivity contribution in [1.29, 1.82) is 0 Å². The zero-order valence-electron chi connectivity index (χ0n) is 11.5. The highest BCUT2D eigenvalue weighted by molar-refractivity contribution is 9.10. The molecule has 0 aliphatic carbocycles. The fraction of sp³-hybridized carbons (Fsp3) is 0.176. The standard InChI is InChI=1S/C17H16BrNO2/c18-16-12-19(17-4-2-1-3-15(16)17)11-13-5-7-14(8-6-13)21-10-9-20/h1-8,12,20H,9-11H2. The largest absolute Gasteiger partial charge is 0.491 e. The molecule has 1 N–H and O–H groups in total. The van der Waals surface area contributed by atoms with E-state index in [2.05, 4.69) is 57.0 Å². The molecule has 0 saturated carbocycles. The first-order chi connectivity index (χ1) is 10.3. The Bertz CT molecular complexity index is 734. The molecular weight excluding hydrogens is 330 g/mol. The first-order valence-corrected chi connectivity index (χ1v) is 7.63. The number of para-hydroxylation sites is 1. The summed E-state index contributed by atoms with van der Waals surface area (Å²) < 4.78 is 8.71. The number of nitrogens with zero attached hydrogens (tertiary/aromatic N) is 1. The van der Waals surface area contributed by atoms with E-state index in [4.69, 9.17) is 9.84 Å². The van der Waals surface area contributed by atoms with Crippen molar-refractivity contribution in [2.75, 3.05) is 13.2 Å². The predicted molar refractivity (Wildman–Crippen MR) is 87.8 cm³/mol. The van der Waals surface area contributed by atoms with Gasteiger partial charge >= 0.3 is 0 Å². The van der Waals surface area contributed by atoms with Crippen LogP contribution in [0.4, 0.5) is 0 Å². The van der Waals surface area contributed by atoms with Gasteiger partial charge in [-0.15, -0.1) is 0 Å². The van der Waals surface area contributed by atoms with Crippen LogP contribution in [0.3, 0.4) is 0 Å². The van der Waals surface area contributed by atoms with Gasteiger partial charge in [-0.1, -0.05) is 30.3 Å². The predicted octanol–water partition coefficient (Wildman–Crippen LogP) is 3.82. The average Bonchev–Trinajstić information content (AvgIpc) is 2.83. The highest BCUT2D eigenvalue weighted by Crippen LogP contribution is 2.26. The lowest BCUT2D eigenvalue weighted by molar-refractivity contribution is 0.201. The number of hydrogen-bond donors (Lipinski definition) is 1. The Kier molecular flexibility index (Phi) is 4.27. The van der Waals surface area contributed by atoms with Crippen molar-refractivity contribution in [2.24, 2.45) is 0 Å². The van der Waals surface area contributed by atoms with Crippen molar-refractivity contribution in [1.82, 2.24) is 4.57 Å². The SMILES string of the molecule is OCCOc1ccc(Cn2cc(Br)c3ccccc32)cc1. The van der Waals surface area contributed by atoms with Crippen molar-refractivity contribution in [3.05, 3.63) is 64.8 Å². The Hall–Kier alpha value is -1.78. The quantitative estimate of drug-likeness (QED) is 0.762. The first-order valence-electron chi connectivity index (χ1n) is 6.84. The number of fused-ring (bicyclic) bond motifs is 1. The molecule has 3 rings (SSSR count). The van der Waals surface area contributed by atoms with Crippen LogP contribution in [0.2, 0.25) is 0 Å². The zero-order chi connectivity index (χ0) is 14.7. The molecule has 3 nitrogen and oxygen atoms in total. The topological polar surface area (TPSA) is 34.4 Å². The van der Waals surface area contributed by atoms with Crippen LogP contribution in [0.15, 0.2) is 59.2 Å². The Morgan fingerprint density at radius 3 is 2.57 bits per heavy atom. The van der Waals surface area contributed by atoms with Crippen molar-refractivity contribution in [3.8, 4) is 5.75 Å². The number of benzene rings is 2. The van der Waals surface area contributed by atoms with Crippen molar-refractivity contribution < 1.29 is 9.84 Å². The van der Waals surface area contributed by atoms with Crippen molar-refractivity contribution in [2.45, 2.75) is 6.54 Å². The smallest absolute Gasteiger partial charge is 0.119 e. The van der Waals surface area contributed by atoms with Crippen LogP contribution in [0.25, 0.3) is 10.9 Å². The van der Waals surface area contributed by atoms with Crippen LogP contribution in [-0.4, -0.2) is 22.9 Å². The molecule has 0 aliphatic rings. The maximum absolute atomic E-state index is 8.75. The van der Waals surface area contributed by atoms with Crippen LogP contribution in [0, 0.1) is 0 Å². The molecule has 0 radical (unpaired) electrons. The van der Waals surface area contributed by atoms with Gasteiger partial charge in [0.15, 0.2) is 0 Å². The second kappa shape index (κ2) is 6.33. The van der Waals surface area contributed by atoms with Crippen LogP contribution >= 0.6 is 15.9 Å². The van der Waals surface area contributed by atoms with E-state index in [1.807, 2.05) is 18.2 Å². The first kappa shape index (κ1) is 14.2. The molecule has 3 aromatic rings. The van der Waals surface area contributed by atoms with Gasteiger partial charge in [0, 0.05) is 28.1 Å². The number of rotatable bonds is 5. The van der Waals surface area contributed by atoms with E-state index < -0.39 is 0 Å². The van der Waals surface area contributed by atoms with E-state index >= 15 is 0 Å². The van der Waals surface area contributed by atoms with Crippen molar-refractivity contribution >= 4 is 26.8 Å². The van der Waals surface area contributed by atoms with Gasteiger partial charge in [-0.25, -0.2) is 0 Å². The van der Waals surface area contributed by atoms with Crippen LogP contribution in [0.5, 0.6) is 5.75 Å². The summed E-state index contributed by atoms with van der Waals surface area (Å²) in [5, 5.41) is 9.97. The minimum absolute atomic E-state index is 0.0329. The Morgan fingerprint density at radius 1 is 1.05 bits per heavy atom. The molecule has 0 aliphatic heterocycles. The fourth-order valence-corrected chi connectivity index (χ4v) is 2.97. The summed E-state index contributed by atoms with van der Waals surface area (Å²) in [6, 6.07) is 16.3. The summed E-state index contributed by atoms with van der Waals surface area (Å²) >= 11 is 3.61. The van der Waals surface area contributed by atoms with E-state index in [1.54, 1.807) is 0 Å². The summed E-state index contributed by atoms with van der Waals surface area (Å²) in [6.07, 6.45) is 2.11. The summed E-state index contributed by atoms with van der Waals surface area (Å²) in [5.41, 5.74) is 2.42. The highest BCUT2D eigenvalue weighted by Gasteiger charge is 2.06. The molecule has 0 atom stereocenters. The summed E-state index contributed by atoms with van der Waals surface area (Å²) in [5.74, 6) is 0.784. The zero-order valence-corrected chi connectivity index (χ0v) is 13.1. The average molecular weight is 346 g/mol. The van der Waals surface area contributed by atoms with E-state index in [-0.39, 0.29) is 6.61 Å². The molecule has 0 fully saturated rings. The lowest BCUT2D eigenvalue weighted by Gasteiger charge is -2.08. The van der Waals surface area contributed by atoms with E-state index in [1.165, 1.54) is 16.5 Å². The maximum Gasteiger partial charge on any atom is 0.119 e. The van der Waals surface area contributed by atoms with E-state index in [9.17, 15) is 0 Å². The molecule has 1 heterocycles. The van der Waals surface area contributed by atoms with Gasteiger partial charge in [-0.05, 0) is 39.7 Å². The third kappa shape index (κ3) is 3.12. The lowest BCUT2D eigenvalue weighted by Crippen LogP contribution is -2.02. The number of aliphatic hydroxyl groups excluding tert-OH is 1. The van der Waals surface area contributed by atoms with E-state index in [0.717, 1.165) is 16.8 Å².